The first kappa shape index (κ1) is 19.9. The van der Waals surface area contributed by atoms with Crippen molar-refractivity contribution in [3.63, 3.8) is 0 Å². The van der Waals surface area contributed by atoms with Crippen LogP contribution in [0, 0.1) is 6.92 Å². The number of likely N-dealkylation sites (N-methyl/N-ethyl adjacent to an activating group) is 1. The first-order valence-electron chi connectivity index (χ1n) is 8.48. The minimum absolute atomic E-state index is 0.113. The molecular weight excluding hydrogens is 350 g/mol. The molecule has 0 bridgehead atoms. The molecule has 2 aromatic rings. The summed E-state index contributed by atoms with van der Waals surface area (Å²) in [5.74, 6) is -0.263. The standard InChI is InChI=1S/C20H24ClN3O2/c1-15-6-8-18(9-7-15)23-20(26)14-24(2)13-19(25)22-11-10-16-4-3-5-17(21)12-16/h3-9,12H,10-11,13-14H2,1-2H3,(H,22,25)(H,23,26). The van der Waals surface area contributed by atoms with Gasteiger partial charge in [0.1, 0.15) is 0 Å². The molecule has 0 atom stereocenters. The van der Waals surface area contributed by atoms with Crippen LogP contribution in [-0.4, -0.2) is 43.4 Å². The molecule has 138 valence electrons. The van der Waals surface area contributed by atoms with Crippen molar-refractivity contribution in [3.8, 4) is 0 Å². The molecule has 0 unspecified atom stereocenters. The van der Waals surface area contributed by atoms with Crippen LogP contribution in [0.15, 0.2) is 48.5 Å². The molecule has 2 rings (SSSR count). The average Bonchev–Trinajstić information content (AvgIpc) is 2.56. The molecule has 0 spiro atoms. The van der Waals surface area contributed by atoms with Crippen molar-refractivity contribution in [2.45, 2.75) is 13.3 Å². The van der Waals surface area contributed by atoms with Crippen molar-refractivity contribution in [2.24, 2.45) is 0 Å². The van der Waals surface area contributed by atoms with E-state index in [9.17, 15) is 9.59 Å². The topological polar surface area (TPSA) is 61.4 Å². The van der Waals surface area contributed by atoms with Gasteiger partial charge in [0.25, 0.3) is 0 Å². The van der Waals surface area contributed by atoms with E-state index in [1.54, 1.807) is 11.9 Å². The quantitative estimate of drug-likeness (QED) is 0.748. The molecule has 5 nitrogen and oxygen atoms in total. The summed E-state index contributed by atoms with van der Waals surface area (Å²) in [7, 11) is 1.74. The van der Waals surface area contributed by atoms with Gasteiger partial charge in [-0.25, -0.2) is 0 Å². The first-order chi connectivity index (χ1) is 12.4. The van der Waals surface area contributed by atoms with E-state index in [2.05, 4.69) is 10.6 Å². The highest BCUT2D eigenvalue weighted by molar-refractivity contribution is 6.30. The van der Waals surface area contributed by atoms with Gasteiger partial charge < -0.3 is 10.6 Å². The molecule has 0 aliphatic heterocycles. The summed E-state index contributed by atoms with van der Waals surface area (Å²) >= 11 is 5.94. The second kappa shape index (κ2) is 9.94. The highest BCUT2D eigenvalue weighted by Crippen LogP contribution is 2.10. The van der Waals surface area contributed by atoms with Crippen molar-refractivity contribution in [3.05, 3.63) is 64.7 Å². The smallest absolute Gasteiger partial charge is 0.238 e. The number of rotatable bonds is 8. The monoisotopic (exact) mass is 373 g/mol. The normalized spacial score (nSPS) is 10.6. The molecule has 0 aliphatic carbocycles. The molecule has 2 aromatic carbocycles. The minimum Gasteiger partial charge on any atom is -0.355 e. The maximum atomic E-state index is 12.0. The third-order valence-electron chi connectivity index (χ3n) is 3.79. The summed E-state index contributed by atoms with van der Waals surface area (Å²) in [4.78, 5) is 25.7. The summed E-state index contributed by atoms with van der Waals surface area (Å²) in [6.07, 6.45) is 0.712. The zero-order chi connectivity index (χ0) is 18.9. The molecule has 6 heteroatoms. The summed E-state index contributed by atoms with van der Waals surface area (Å²) < 4.78 is 0. The first-order valence-corrected chi connectivity index (χ1v) is 8.86. The van der Waals surface area contributed by atoms with Crippen molar-refractivity contribution in [2.75, 3.05) is 32.0 Å². The molecule has 0 radical (unpaired) electrons. The fourth-order valence-corrected chi connectivity index (χ4v) is 2.69. The van der Waals surface area contributed by atoms with Gasteiger partial charge in [-0.2, -0.15) is 0 Å². The van der Waals surface area contributed by atoms with Crippen LogP contribution in [0.1, 0.15) is 11.1 Å². The Balaban J connectivity index is 1.67. The summed E-state index contributed by atoms with van der Waals surface area (Å²) in [5.41, 5.74) is 2.96. The number of amides is 2. The minimum atomic E-state index is -0.150. The van der Waals surface area contributed by atoms with Gasteiger partial charge in [-0.1, -0.05) is 41.4 Å². The number of carbonyl (C=O) groups is 2. The van der Waals surface area contributed by atoms with Crippen LogP contribution >= 0.6 is 11.6 Å². The molecule has 2 N–H and O–H groups in total. The van der Waals surface area contributed by atoms with E-state index in [1.807, 2.05) is 55.5 Å². The summed E-state index contributed by atoms with van der Waals surface area (Å²) in [6, 6.07) is 15.2. The van der Waals surface area contributed by atoms with Gasteiger partial charge in [0.05, 0.1) is 13.1 Å². The summed E-state index contributed by atoms with van der Waals surface area (Å²) in [6.45, 7) is 2.83. The van der Waals surface area contributed by atoms with E-state index < -0.39 is 0 Å². The average molecular weight is 374 g/mol. The van der Waals surface area contributed by atoms with Gasteiger partial charge >= 0.3 is 0 Å². The number of nitrogens with zero attached hydrogens (tertiary/aromatic N) is 1. The molecule has 0 aromatic heterocycles. The van der Waals surface area contributed by atoms with Gasteiger partial charge in [0, 0.05) is 17.3 Å². The lowest BCUT2D eigenvalue weighted by molar-refractivity contribution is -0.122. The van der Waals surface area contributed by atoms with E-state index in [0.717, 1.165) is 16.8 Å². The second-order valence-corrected chi connectivity index (χ2v) is 6.75. The third kappa shape index (κ3) is 7.25. The number of carbonyl (C=O) groups excluding carboxylic acids is 2. The molecule has 2 amide bonds. The maximum Gasteiger partial charge on any atom is 0.238 e. The van der Waals surface area contributed by atoms with Crippen molar-refractivity contribution in [1.29, 1.82) is 0 Å². The Morgan fingerprint density at radius 1 is 1.04 bits per heavy atom. The molecule has 0 fully saturated rings. The van der Waals surface area contributed by atoms with E-state index in [0.29, 0.717) is 18.0 Å². The van der Waals surface area contributed by atoms with Crippen molar-refractivity contribution >= 4 is 29.1 Å². The van der Waals surface area contributed by atoms with Crippen LogP contribution in [0.3, 0.4) is 0 Å². The number of nitrogens with one attached hydrogen (secondary N) is 2. The lowest BCUT2D eigenvalue weighted by atomic mass is 10.1. The highest BCUT2D eigenvalue weighted by atomic mass is 35.5. The number of hydrogen-bond donors (Lipinski definition) is 2. The lowest BCUT2D eigenvalue weighted by Gasteiger charge is -2.16. The molecule has 0 saturated heterocycles. The Bertz CT molecular complexity index is 747. The fourth-order valence-electron chi connectivity index (χ4n) is 2.48. The predicted octanol–water partition coefficient (Wildman–Crippen LogP) is 2.88. The number of benzene rings is 2. The van der Waals surface area contributed by atoms with E-state index in [1.165, 1.54) is 0 Å². The van der Waals surface area contributed by atoms with Crippen LogP contribution < -0.4 is 10.6 Å². The predicted molar refractivity (Wildman–Crippen MR) is 105 cm³/mol. The number of hydrogen-bond acceptors (Lipinski definition) is 3. The molecule has 0 aliphatic rings. The van der Waals surface area contributed by atoms with E-state index in [4.69, 9.17) is 11.6 Å². The Kier molecular flexibility index (Phi) is 7.63. The van der Waals surface area contributed by atoms with Crippen LogP contribution in [0.2, 0.25) is 5.02 Å². The van der Waals surface area contributed by atoms with Crippen LogP contribution in [0.5, 0.6) is 0 Å². The largest absolute Gasteiger partial charge is 0.355 e. The van der Waals surface area contributed by atoms with Crippen LogP contribution in [0.4, 0.5) is 5.69 Å². The zero-order valence-electron chi connectivity index (χ0n) is 15.1. The van der Waals surface area contributed by atoms with Gasteiger partial charge in [-0.3, -0.25) is 14.5 Å². The van der Waals surface area contributed by atoms with Gasteiger partial charge in [0.2, 0.25) is 11.8 Å². The van der Waals surface area contributed by atoms with Crippen molar-refractivity contribution in [1.82, 2.24) is 10.2 Å². The van der Waals surface area contributed by atoms with Crippen LogP contribution in [-0.2, 0) is 16.0 Å². The van der Waals surface area contributed by atoms with Gasteiger partial charge in [-0.05, 0) is 50.2 Å². The lowest BCUT2D eigenvalue weighted by Crippen LogP contribution is -2.39. The highest BCUT2D eigenvalue weighted by Gasteiger charge is 2.10. The molecular formula is C20H24ClN3O2. The van der Waals surface area contributed by atoms with Gasteiger partial charge in [-0.15, -0.1) is 0 Å². The Morgan fingerprint density at radius 2 is 1.73 bits per heavy atom. The molecule has 0 saturated carbocycles. The Hall–Kier alpha value is -2.37. The van der Waals surface area contributed by atoms with Crippen molar-refractivity contribution < 1.29 is 9.59 Å². The van der Waals surface area contributed by atoms with Crippen LogP contribution in [0.25, 0.3) is 0 Å². The molecule has 0 heterocycles. The number of anilines is 1. The second-order valence-electron chi connectivity index (χ2n) is 6.32. The number of aryl methyl sites for hydroxylation is 1. The zero-order valence-corrected chi connectivity index (χ0v) is 15.8. The third-order valence-corrected chi connectivity index (χ3v) is 4.02. The Labute approximate surface area is 159 Å². The van der Waals surface area contributed by atoms with E-state index in [-0.39, 0.29) is 24.9 Å². The fraction of sp³-hybridized carbons (Fsp3) is 0.300. The number of halogens is 1. The van der Waals surface area contributed by atoms with E-state index >= 15 is 0 Å². The molecule has 26 heavy (non-hydrogen) atoms. The maximum absolute atomic E-state index is 12.0. The SMILES string of the molecule is Cc1ccc(NC(=O)CN(C)CC(=O)NCCc2cccc(Cl)c2)cc1. The summed E-state index contributed by atoms with van der Waals surface area (Å²) in [5, 5.41) is 6.36. The van der Waals surface area contributed by atoms with Gasteiger partial charge in [0.15, 0.2) is 0 Å². The Morgan fingerprint density at radius 3 is 2.42 bits per heavy atom.